The fraction of sp³-hybridized carbons (Fsp3) is 0.500. The third-order valence-electron chi connectivity index (χ3n) is 7.17. The number of nitrogens with zero attached hydrogens (tertiary/aromatic N) is 2. The molecule has 2 heterocycles. The highest BCUT2D eigenvalue weighted by Gasteiger charge is 2.45. The average molecular weight is 592 g/mol. The van der Waals surface area contributed by atoms with E-state index in [0.717, 1.165) is 0 Å². The van der Waals surface area contributed by atoms with E-state index in [-0.39, 0.29) is 36.0 Å². The van der Waals surface area contributed by atoms with Gasteiger partial charge < -0.3 is 19.9 Å². The zero-order chi connectivity index (χ0) is 30.1. The van der Waals surface area contributed by atoms with E-state index < -0.39 is 29.8 Å². The van der Waals surface area contributed by atoms with Gasteiger partial charge in [0.25, 0.3) is 6.43 Å². The minimum atomic E-state index is -2.94. The first kappa shape index (κ1) is 30.9. The van der Waals surface area contributed by atoms with Gasteiger partial charge >= 0.3 is 6.09 Å². The second kappa shape index (κ2) is 12.0. The number of carbonyl (C=O) groups is 2. The molecule has 222 valence electrons. The molecule has 11 heteroatoms. The van der Waals surface area contributed by atoms with Gasteiger partial charge in [0.1, 0.15) is 11.7 Å². The number of hydrogen-bond donors (Lipinski definition) is 2. The van der Waals surface area contributed by atoms with Crippen LogP contribution in [0.3, 0.4) is 0 Å². The third-order valence-corrected chi connectivity index (χ3v) is 7.58. The van der Waals surface area contributed by atoms with E-state index in [0.29, 0.717) is 41.2 Å². The number of carbonyl (C=O) groups excluding carboxylic acids is 2. The van der Waals surface area contributed by atoms with Crippen molar-refractivity contribution in [1.29, 1.82) is 0 Å². The molecule has 2 aliphatic heterocycles. The number of amides is 2. The topological polar surface area (TPSA) is 100 Å². The lowest BCUT2D eigenvalue weighted by Crippen LogP contribution is -2.63. The quantitative estimate of drug-likeness (QED) is 0.429. The molecule has 0 spiro atoms. The van der Waals surface area contributed by atoms with Crippen molar-refractivity contribution >= 4 is 29.6 Å². The summed E-state index contributed by atoms with van der Waals surface area (Å²) >= 11 is 6.93. The lowest BCUT2D eigenvalue weighted by atomic mass is 9.84. The van der Waals surface area contributed by atoms with Crippen molar-refractivity contribution in [2.75, 3.05) is 6.61 Å². The van der Waals surface area contributed by atoms with Gasteiger partial charge in [0.15, 0.2) is 0 Å². The number of ether oxygens (including phenoxy) is 2. The van der Waals surface area contributed by atoms with E-state index in [9.17, 15) is 23.5 Å². The summed E-state index contributed by atoms with van der Waals surface area (Å²) < 4.78 is 37.4. The maximum Gasteiger partial charge on any atom is 0.437 e. The zero-order valence-electron chi connectivity index (χ0n) is 23.8. The number of benzene rings is 2. The molecule has 0 radical (unpaired) electrons. The molecule has 2 saturated heterocycles. The minimum absolute atomic E-state index is 0.0133. The summed E-state index contributed by atoms with van der Waals surface area (Å²) in [5.41, 5.74) is -0.177. The number of halogens is 3. The summed E-state index contributed by atoms with van der Waals surface area (Å²) in [4.78, 5) is 32.3. The predicted molar refractivity (Wildman–Crippen MR) is 152 cm³/mol. The Labute approximate surface area is 243 Å². The lowest BCUT2D eigenvalue weighted by molar-refractivity contribution is -0.134. The number of alkyl halides is 2. The number of rotatable bonds is 5. The van der Waals surface area contributed by atoms with E-state index in [4.69, 9.17) is 21.1 Å². The molecule has 0 bridgehead atoms. The number of guanidine groups is 1. The molecule has 8 nitrogen and oxygen atoms in total. The van der Waals surface area contributed by atoms with Crippen LogP contribution in [0.1, 0.15) is 71.1 Å². The first-order valence-electron chi connectivity index (χ1n) is 13.6. The molecule has 2 aromatic carbocycles. The van der Waals surface area contributed by atoms with Crippen LogP contribution < -0.4 is 5.32 Å². The van der Waals surface area contributed by atoms with Crippen LogP contribution in [0.15, 0.2) is 47.5 Å². The van der Waals surface area contributed by atoms with E-state index in [1.807, 2.05) is 6.92 Å². The molecule has 41 heavy (non-hydrogen) atoms. The van der Waals surface area contributed by atoms with E-state index in [1.165, 1.54) is 17.0 Å². The van der Waals surface area contributed by atoms with Gasteiger partial charge in [0, 0.05) is 18.2 Å². The van der Waals surface area contributed by atoms with Gasteiger partial charge in [-0.05, 0) is 70.2 Å². The van der Waals surface area contributed by atoms with Crippen molar-refractivity contribution in [3.8, 4) is 11.1 Å². The maximum absolute atomic E-state index is 13.8. The molecule has 2 N–H and O–H groups in total. The third kappa shape index (κ3) is 7.05. The molecule has 4 atom stereocenters. The molecule has 2 amide bonds. The van der Waals surface area contributed by atoms with Crippen LogP contribution in [-0.4, -0.2) is 58.7 Å². The van der Waals surface area contributed by atoms with Crippen LogP contribution >= 0.6 is 11.6 Å². The average Bonchev–Trinajstić information content (AvgIpc) is 2.86. The smallest absolute Gasteiger partial charge is 0.437 e. The van der Waals surface area contributed by atoms with Crippen LogP contribution in [0.2, 0.25) is 5.02 Å². The number of aliphatic hydroxyl groups excluding tert-OH is 1. The second-order valence-electron chi connectivity index (χ2n) is 11.7. The molecular formula is C30H36ClF2N3O5. The van der Waals surface area contributed by atoms with E-state index in [1.54, 1.807) is 58.0 Å². The summed E-state index contributed by atoms with van der Waals surface area (Å²) in [7, 11) is 0. The molecule has 2 fully saturated rings. The minimum Gasteiger partial charge on any atom is -0.442 e. The first-order chi connectivity index (χ1) is 19.2. The van der Waals surface area contributed by atoms with Gasteiger partial charge in [-0.25, -0.2) is 13.6 Å². The van der Waals surface area contributed by atoms with Crippen molar-refractivity contribution in [1.82, 2.24) is 10.2 Å². The predicted octanol–water partition coefficient (Wildman–Crippen LogP) is 6.20. The highest BCUT2D eigenvalue weighted by atomic mass is 35.5. The van der Waals surface area contributed by atoms with Gasteiger partial charge in [-0.15, -0.1) is 4.99 Å². The largest absolute Gasteiger partial charge is 0.442 e. The Morgan fingerprint density at radius 3 is 2.63 bits per heavy atom. The number of aliphatic imine (C=N–C) groups is 1. The Morgan fingerprint density at radius 1 is 1.27 bits per heavy atom. The maximum atomic E-state index is 13.8. The van der Waals surface area contributed by atoms with E-state index >= 15 is 0 Å². The molecule has 0 saturated carbocycles. The van der Waals surface area contributed by atoms with Crippen molar-refractivity contribution < 1.29 is 33.0 Å². The molecule has 2 aliphatic rings. The van der Waals surface area contributed by atoms with Crippen molar-refractivity contribution in [3.05, 3.63) is 58.6 Å². The fourth-order valence-electron chi connectivity index (χ4n) is 5.27. The summed E-state index contributed by atoms with van der Waals surface area (Å²) in [6.45, 7) is 9.39. The monoisotopic (exact) mass is 591 g/mol. The standard InChI is InChI=1S/C30H36ClF2N3O5/c1-17-14-20(12-13-40-17)36-23(37)16-30(5,35-27(36)34-28(39)41-29(2,3)4)22-11-7-10-21(24(22)31)18-8-6-9-19(15-18)25(38)26(32)33/h6-11,15,17,20,25-26,38H,12-14,16H2,1-5H3,(H,34,35,39)/t17-,20-,25+,30-/m0/s1. The first-order valence-corrected chi connectivity index (χ1v) is 14.0. The van der Waals surface area contributed by atoms with E-state index in [2.05, 4.69) is 10.3 Å². The van der Waals surface area contributed by atoms with Gasteiger partial charge in [-0.2, -0.15) is 0 Å². The Morgan fingerprint density at radius 2 is 1.98 bits per heavy atom. The molecule has 0 unspecified atom stereocenters. The van der Waals surface area contributed by atoms with Crippen molar-refractivity contribution in [2.45, 2.75) is 89.7 Å². The van der Waals surface area contributed by atoms with Gasteiger partial charge in [-0.1, -0.05) is 48.0 Å². The highest BCUT2D eigenvalue weighted by molar-refractivity contribution is 6.34. The number of nitrogens with one attached hydrogen (secondary N) is 1. The van der Waals surface area contributed by atoms with Crippen LogP contribution in [0, 0.1) is 0 Å². The van der Waals surface area contributed by atoms with Crippen LogP contribution in [0.4, 0.5) is 13.6 Å². The fourth-order valence-corrected chi connectivity index (χ4v) is 5.72. The lowest BCUT2D eigenvalue weighted by Gasteiger charge is -2.46. The van der Waals surface area contributed by atoms with Crippen LogP contribution in [-0.2, 0) is 19.8 Å². The van der Waals surface area contributed by atoms with Crippen LogP contribution in [0.5, 0.6) is 0 Å². The molecule has 2 aromatic rings. The molecule has 0 aliphatic carbocycles. The Kier molecular flexibility index (Phi) is 9.06. The molecule has 4 rings (SSSR count). The Hall–Kier alpha value is -3.08. The number of hydrogen-bond acceptors (Lipinski definition) is 5. The van der Waals surface area contributed by atoms with Gasteiger partial charge in [0.2, 0.25) is 11.9 Å². The summed E-state index contributed by atoms with van der Waals surface area (Å²) in [5.74, 6) is -0.170. The SMILES string of the molecule is C[C@H]1C[C@@H](N2C(=O)C[C@@](C)(c3cccc(-c4cccc([C@@H](O)C(F)F)c4)c3Cl)N/C2=N\C(=O)OC(C)(C)C)CCO1. The zero-order valence-corrected chi connectivity index (χ0v) is 24.5. The summed E-state index contributed by atoms with van der Waals surface area (Å²) in [5, 5.41) is 13.5. The van der Waals surface area contributed by atoms with Gasteiger partial charge in [0.05, 0.1) is 23.1 Å². The van der Waals surface area contributed by atoms with Gasteiger partial charge in [-0.3, -0.25) is 9.69 Å². The summed E-state index contributed by atoms with van der Waals surface area (Å²) in [6.07, 6.45) is -4.60. The van der Waals surface area contributed by atoms with Crippen molar-refractivity contribution in [2.24, 2.45) is 4.99 Å². The molecule has 0 aromatic heterocycles. The molecular weight excluding hydrogens is 556 g/mol. The normalized spacial score (nSPS) is 25.3. The van der Waals surface area contributed by atoms with Crippen molar-refractivity contribution in [3.63, 3.8) is 0 Å². The summed E-state index contributed by atoms with van der Waals surface area (Å²) in [6, 6.07) is 11.2. The highest BCUT2D eigenvalue weighted by Crippen LogP contribution is 2.40. The second-order valence-corrected chi connectivity index (χ2v) is 12.1. The Bertz CT molecular complexity index is 1330. The Balaban J connectivity index is 1.74. The number of aliphatic hydroxyl groups is 1. The van der Waals surface area contributed by atoms with Crippen LogP contribution in [0.25, 0.3) is 11.1 Å².